The highest BCUT2D eigenvalue weighted by atomic mass is 79.9. The van der Waals surface area contributed by atoms with Crippen LogP contribution in [-0.2, 0) is 11.2 Å². The van der Waals surface area contributed by atoms with Crippen molar-refractivity contribution < 1.29 is 9.90 Å². The number of carbonyl (C=O) groups is 1. The molecule has 0 aliphatic carbocycles. The van der Waals surface area contributed by atoms with Crippen molar-refractivity contribution in [2.75, 3.05) is 0 Å². The van der Waals surface area contributed by atoms with E-state index < -0.39 is 5.97 Å². The lowest BCUT2D eigenvalue weighted by Gasteiger charge is -2.00. The summed E-state index contributed by atoms with van der Waals surface area (Å²) in [5.41, 5.74) is 1.74. The largest absolute Gasteiger partial charge is 0.481 e. The maximum absolute atomic E-state index is 10.4. The molecule has 2 rings (SSSR count). The van der Waals surface area contributed by atoms with Crippen molar-refractivity contribution in [3.63, 3.8) is 0 Å². The third-order valence-electron chi connectivity index (χ3n) is 2.33. The number of hydrogen-bond acceptors (Lipinski definition) is 2. The predicted octanol–water partition coefficient (Wildman–Crippen LogP) is 2.65. The zero-order valence-electron chi connectivity index (χ0n) is 9.01. The molecule has 0 saturated carbocycles. The lowest BCUT2D eigenvalue weighted by molar-refractivity contribution is -0.136. The first kappa shape index (κ1) is 11.9. The van der Waals surface area contributed by atoms with Crippen molar-refractivity contribution >= 4 is 21.9 Å². The Balaban J connectivity index is 2.12. The molecular weight excluding hydrogens is 284 g/mol. The van der Waals surface area contributed by atoms with E-state index in [1.165, 1.54) is 0 Å². The number of carboxylic acids is 1. The molecule has 1 N–H and O–H groups in total. The monoisotopic (exact) mass is 294 g/mol. The molecule has 0 radical (unpaired) electrons. The van der Waals surface area contributed by atoms with E-state index >= 15 is 0 Å². The summed E-state index contributed by atoms with van der Waals surface area (Å²) in [6.45, 7) is 0. The minimum Gasteiger partial charge on any atom is -0.481 e. The number of benzene rings is 1. The van der Waals surface area contributed by atoms with Crippen molar-refractivity contribution in [3.05, 3.63) is 46.7 Å². The summed E-state index contributed by atoms with van der Waals surface area (Å²) >= 11 is 3.37. The third kappa shape index (κ3) is 3.17. The molecule has 0 atom stereocenters. The van der Waals surface area contributed by atoms with Gasteiger partial charge in [0.1, 0.15) is 0 Å². The molecule has 0 spiro atoms. The summed E-state index contributed by atoms with van der Waals surface area (Å²) in [4.78, 5) is 10.4. The van der Waals surface area contributed by atoms with E-state index in [2.05, 4.69) is 21.0 Å². The fourth-order valence-corrected chi connectivity index (χ4v) is 1.73. The number of hydrogen-bond donors (Lipinski definition) is 1. The van der Waals surface area contributed by atoms with Crippen LogP contribution in [0.1, 0.15) is 12.1 Å². The minimum atomic E-state index is -0.803. The van der Waals surface area contributed by atoms with Crippen LogP contribution >= 0.6 is 15.9 Å². The first-order chi connectivity index (χ1) is 8.15. The van der Waals surface area contributed by atoms with Gasteiger partial charge in [0.15, 0.2) is 0 Å². The molecule has 2 aromatic rings. The smallest absolute Gasteiger partial charge is 0.303 e. The van der Waals surface area contributed by atoms with E-state index in [1.807, 2.05) is 36.5 Å². The van der Waals surface area contributed by atoms with Crippen molar-refractivity contribution in [1.29, 1.82) is 0 Å². The van der Waals surface area contributed by atoms with E-state index in [0.717, 1.165) is 15.9 Å². The second-order valence-electron chi connectivity index (χ2n) is 3.62. The maximum atomic E-state index is 10.4. The Labute approximate surface area is 107 Å². The molecule has 0 aliphatic heterocycles. The Morgan fingerprint density at radius 2 is 2.00 bits per heavy atom. The quantitative estimate of drug-likeness (QED) is 0.943. The van der Waals surface area contributed by atoms with Gasteiger partial charge in [-0.05, 0) is 30.3 Å². The molecule has 1 heterocycles. The number of carboxylic acid groups (broad SMARTS) is 1. The van der Waals surface area contributed by atoms with E-state index in [-0.39, 0.29) is 6.42 Å². The third-order valence-corrected chi connectivity index (χ3v) is 2.86. The molecule has 0 bridgehead atoms. The second kappa shape index (κ2) is 5.14. The summed E-state index contributed by atoms with van der Waals surface area (Å²) in [5, 5.41) is 12.9. The number of rotatable bonds is 4. The molecule has 0 saturated heterocycles. The molecule has 0 aliphatic rings. The molecule has 4 nitrogen and oxygen atoms in total. The highest BCUT2D eigenvalue weighted by Gasteiger charge is 2.03. The molecule has 0 unspecified atom stereocenters. The summed E-state index contributed by atoms with van der Waals surface area (Å²) in [7, 11) is 0. The van der Waals surface area contributed by atoms with Gasteiger partial charge in [0, 0.05) is 17.1 Å². The van der Waals surface area contributed by atoms with Crippen molar-refractivity contribution in [2.45, 2.75) is 12.8 Å². The lowest BCUT2D eigenvalue weighted by Crippen LogP contribution is -2.00. The normalized spacial score (nSPS) is 10.4. The molecule has 0 fully saturated rings. The highest BCUT2D eigenvalue weighted by molar-refractivity contribution is 9.10. The summed E-state index contributed by atoms with van der Waals surface area (Å²) < 4.78 is 2.75. The van der Waals surface area contributed by atoms with Gasteiger partial charge in [-0.15, -0.1) is 0 Å². The van der Waals surface area contributed by atoms with Gasteiger partial charge in [-0.1, -0.05) is 15.9 Å². The molecule has 88 valence electrons. The first-order valence-corrected chi connectivity index (χ1v) is 5.97. The van der Waals surface area contributed by atoms with Crippen LogP contribution in [0.15, 0.2) is 41.0 Å². The molecule has 0 amide bonds. The van der Waals surface area contributed by atoms with Crippen LogP contribution in [0, 0.1) is 0 Å². The Bertz CT molecular complexity index is 520. The van der Waals surface area contributed by atoms with Gasteiger partial charge >= 0.3 is 5.97 Å². The van der Waals surface area contributed by atoms with Crippen LogP contribution in [-0.4, -0.2) is 20.9 Å². The van der Waals surface area contributed by atoms with Gasteiger partial charge in [0.05, 0.1) is 17.8 Å². The fraction of sp³-hybridized carbons (Fsp3) is 0.167. The Hall–Kier alpha value is -1.62. The minimum absolute atomic E-state index is 0.108. The molecule has 17 heavy (non-hydrogen) atoms. The summed E-state index contributed by atoms with van der Waals surface area (Å²) in [6, 6.07) is 9.60. The van der Waals surface area contributed by atoms with Gasteiger partial charge in [-0.2, -0.15) is 5.10 Å². The van der Waals surface area contributed by atoms with Crippen LogP contribution in [0.3, 0.4) is 0 Å². The van der Waals surface area contributed by atoms with E-state index in [0.29, 0.717) is 6.42 Å². The van der Waals surface area contributed by atoms with Gasteiger partial charge in [0.2, 0.25) is 0 Å². The zero-order valence-corrected chi connectivity index (χ0v) is 10.6. The molecular formula is C12H11BrN2O2. The van der Waals surface area contributed by atoms with Crippen molar-refractivity contribution in [3.8, 4) is 5.69 Å². The Morgan fingerprint density at radius 1 is 1.29 bits per heavy atom. The number of aromatic nitrogens is 2. The standard InChI is InChI=1S/C12H11BrN2O2/c13-9-1-4-11(5-2-9)15-8-7-10(14-15)3-6-12(16)17/h1-2,4-5,7-8H,3,6H2,(H,16,17). The number of aryl methyl sites for hydroxylation is 1. The van der Waals surface area contributed by atoms with Crippen LogP contribution in [0.5, 0.6) is 0 Å². The van der Waals surface area contributed by atoms with Gasteiger partial charge in [-0.3, -0.25) is 4.79 Å². The Morgan fingerprint density at radius 3 is 2.65 bits per heavy atom. The van der Waals surface area contributed by atoms with Crippen molar-refractivity contribution in [2.24, 2.45) is 0 Å². The molecule has 1 aromatic carbocycles. The highest BCUT2D eigenvalue weighted by Crippen LogP contribution is 2.14. The Kier molecular flexibility index (Phi) is 3.58. The van der Waals surface area contributed by atoms with E-state index in [4.69, 9.17) is 5.11 Å². The average molecular weight is 295 g/mol. The summed E-state index contributed by atoms with van der Waals surface area (Å²) in [5.74, 6) is -0.803. The van der Waals surface area contributed by atoms with E-state index in [9.17, 15) is 4.79 Å². The van der Waals surface area contributed by atoms with Crippen LogP contribution in [0.2, 0.25) is 0 Å². The first-order valence-electron chi connectivity index (χ1n) is 5.17. The number of nitrogens with zero attached hydrogens (tertiary/aromatic N) is 2. The van der Waals surface area contributed by atoms with Gasteiger partial charge in [0.25, 0.3) is 0 Å². The number of halogens is 1. The molecule has 5 heteroatoms. The lowest BCUT2D eigenvalue weighted by atomic mass is 10.2. The predicted molar refractivity (Wildman–Crippen MR) is 67.2 cm³/mol. The number of aliphatic carboxylic acids is 1. The summed E-state index contributed by atoms with van der Waals surface area (Å²) in [6.07, 6.45) is 2.40. The maximum Gasteiger partial charge on any atom is 0.303 e. The van der Waals surface area contributed by atoms with Crippen molar-refractivity contribution in [1.82, 2.24) is 9.78 Å². The molecule has 1 aromatic heterocycles. The zero-order chi connectivity index (χ0) is 12.3. The van der Waals surface area contributed by atoms with Crippen LogP contribution < -0.4 is 0 Å². The fourth-order valence-electron chi connectivity index (χ4n) is 1.47. The van der Waals surface area contributed by atoms with E-state index in [1.54, 1.807) is 4.68 Å². The van der Waals surface area contributed by atoms with Gasteiger partial charge in [-0.25, -0.2) is 4.68 Å². The SMILES string of the molecule is O=C(O)CCc1ccn(-c2ccc(Br)cc2)n1. The van der Waals surface area contributed by atoms with Crippen LogP contribution in [0.4, 0.5) is 0 Å². The van der Waals surface area contributed by atoms with Gasteiger partial charge < -0.3 is 5.11 Å². The average Bonchev–Trinajstić information content (AvgIpc) is 2.76. The second-order valence-corrected chi connectivity index (χ2v) is 4.54. The topological polar surface area (TPSA) is 55.1 Å². The van der Waals surface area contributed by atoms with Crippen LogP contribution in [0.25, 0.3) is 5.69 Å².